The molecule has 0 atom stereocenters. The highest BCUT2D eigenvalue weighted by atomic mass is 16.6. The maximum Gasteiger partial charge on any atom is 0.269 e. The van der Waals surface area contributed by atoms with Crippen molar-refractivity contribution in [2.75, 3.05) is 26.6 Å². The molecule has 34 heavy (non-hydrogen) atoms. The number of hydrogen-bond acceptors (Lipinski definition) is 6. The van der Waals surface area contributed by atoms with E-state index in [0.29, 0.717) is 28.5 Å². The molecule has 0 saturated heterocycles. The highest BCUT2D eigenvalue weighted by Gasteiger charge is 2.12. The first kappa shape index (κ1) is 24.1. The molecule has 0 aliphatic carbocycles. The van der Waals surface area contributed by atoms with Crippen molar-refractivity contribution < 1.29 is 23.9 Å². The van der Waals surface area contributed by atoms with Gasteiger partial charge in [-0.25, -0.2) is 0 Å². The average Bonchev–Trinajstić information content (AvgIpc) is 2.86. The number of non-ortho nitro benzene ring substituents is 1. The van der Waals surface area contributed by atoms with Crippen LogP contribution >= 0.6 is 0 Å². The molecule has 0 aromatic heterocycles. The van der Waals surface area contributed by atoms with Crippen molar-refractivity contribution in [1.82, 2.24) is 0 Å². The summed E-state index contributed by atoms with van der Waals surface area (Å²) >= 11 is 0. The summed E-state index contributed by atoms with van der Waals surface area (Å²) in [6.45, 7) is 0. The van der Waals surface area contributed by atoms with Crippen molar-refractivity contribution in [3.8, 4) is 17.2 Å². The summed E-state index contributed by atoms with van der Waals surface area (Å²) in [4.78, 5) is 22.4. The summed E-state index contributed by atoms with van der Waals surface area (Å²) in [6.07, 6.45) is 6.82. The first-order valence-electron chi connectivity index (χ1n) is 10.2. The molecular formula is C26H24N2O6. The maximum absolute atomic E-state index is 12.2. The number of nitro groups is 1. The molecule has 0 aliphatic rings. The van der Waals surface area contributed by atoms with E-state index in [0.717, 1.165) is 11.1 Å². The smallest absolute Gasteiger partial charge is 0.269 e. The number of carbonyl (C=O) groups excluding carboxylic acids is 1. The Balaban J connectivity index is 1.63. The quantitative estimate of drug-likeness (QED) is 0.197. The fraction of sp³-hybridized carbons (Fsp3) is 0.115. The molecule has 0 spiro atoms. The number of nitro benzene ring substituents is 1. The van der Waals surface area contributed by atoms with Gasteiger partial charge in [-0.3, -0.25) is 14.9 Å². The summed E-state index contributed by atoms with van der Waals surface area (Å²) in [5.74, 6) is 1.37. The number of anilines is 1. The highest BCUT2D eigenvalue weighted by Crippen LogP contribution is 2.38. The Labute approximate surface area is 197 Å². The zero-order valence-corrected chi connectivity index (χ0v) is 19.0. The molecule has 3 aromatic carbocycles. The zero-order valence-electron chi connectivity index (χ0n) is 19.0. The normalized spacial score (nSPS) is 10.9. The monoisotopic (exact) mass is 460 g/mol. The number of rotatable bonds is 9. The first-order chi connectivity index (χ1) is 16.4. The van der Waals surface area contributed by atoms with Gasteiger partial charge in [0.05, 0.1) is 26.3 Å². The lowest BCUT2D eigenvalue weighted by Crippen LogP contribution is -2.07. The third-order valence-electron chi connectivity index (χ3n) is 4.86. The summed E-state index contributed by atoms with van der Waals surface area (Å²) < 4.78 is 16.1. The molecule has 0 unspecified atom stereocenters. The van der Waals surface area contributed by atoms with Crippen LogP contribution in [0, 0.1) is 10.1 Å². The lowest BCUT2D eigenvalue weighted by Gasteiger charge is -2.12. The van der Waals surface area contributed by atoms with E-state index < -0.39 is 4.92 Å². The van der Waals surface area contributed by atoms with Gasteiger partial charge in [0.25, 0.3) is 5.69 Å². The fourth-order valence-corrected chi connectivity index (χ4v) is 3.13. The minimum absolute atomic E-state index is 0.000932. The molecule has 174 valence electrons. The Morgan fingerprint density at radius 1 is 0.794 bits per heavy atom. The van der Waals surface area contributed by atoms with Crippen molar-refractivity contribution >= 4 is 35.5 Å². The third kappa shape index (κ3) is 6.23. The Bertz CT molecular complexity index is 1190. The lowest BCUT2D eigenvalue weighted by atomic mass is 10.1. The Morgan fingerprint density at radius 3 is 1.85 bits per heavy atom. The molecule has 0 aliphatic heterocycles. The van der Waals surface area contributed by atoms with Crippen LogP contribution in [0.25, 0.3) is 18.2 Å². The van der Waals surface area contributed by atoms with Gasteiger partial charge < -0.3 is 19.5 Å². The minimum atomic E-state index is -0.468. The first-order valence-corrected chi connectivity index (χ1v) is 10.2. The van der Waals surface area contributed by atoms with Gasteiger partial charge in [-0.1, -0.05) is 24.3 Å². The molecule has 0 fully saturated rings. The molecule has 3 aromatic rings. The number of amides is 1. The summed E-state index contributed by atoms with van der Waals surface area (Å²) in [5.41, 5.74) is 3.15. The van der Waals surface area contributed by atoms with E-state index in [2.05, 4.69) is 5.32 Å². The SMILES string of the molecule is COc1cc(/C=C/c2ccc(NC(=O)/C=C/c3ccc([N+](=O)[O-])cc3)cc2)cc(OC)c1OC. The second kappa shape index (κ2) is 11.3. The molecule has 1 N–H and O–H groups in total. The molecule has 0 bridgehead atoms. The van der Waals surface area contributed by atoms with E-state index in [9.17, 15) is 14.9 Å². The summed E-state index contributed by atoms with van der Waals surface area (Å²) in [6, 6.07) is 17.0. The van der Waals surface area contributed by atoms with E-state index in [4.69, 9.17) is 14.2 Å². The largest absolute Gasteiger partial charge is 0.493 e. The fourth-order valence-electron chi connectivity index (χ4n) is 3.13. The van der Waals surface area contributed by atoms with Crippen LogP contribution in [-0.2, 0) is 4.79 Å². The van der Waals surface area contributed by atoms with Gasteiger partial charge in [-0.2, -0.15) is 0 Å². The van der Waals surface area contributed by atoms with Gasteiger partial charge in [0.15, 0.2) is 11.5 Å². The lowest BCUT2D eigenvalue weighted by molar-refractivity contribution is -0.384. The second-order valence-electron chi connectivity index (χ2n) is 7.09. The van der Waals surface area contributed by atoms with Crippen LogP contribution < -0.4 is 19.5 Å². The zero-order chi connectivity index (χ0) is 24.5. The molecule has 8 heteroatoms. The molecule has 0 saturated carbocycles. The molecule has 3 rings (SSSR count). The Hall–Kier alpha value is -4.59. The van der Waals surface area contributed by atoms with Gasteiger partial charge in [0.2, 0.25) is 11.7 Å². The van der Waals surface area contributed by atoms with E-state index >= 15 is 0 Å². The number of carbonyl (C=O) groups is 1. The third-order valence-corrected chi connectivity index (χ3v) is 4.86. The van der Waals surface area contributed by atoms with E-state index in [1.165, 1.54) is 18.2 Å². The van der Waals surface area contributed by atoms with Crippen molar-refractivity contribution in [3.63, 3.8) is 0 Å². The number of hydrogen-bond donors (Lipinski definition) is 1. The molecule has 0 radical (unpaired) electrons. The van der Waals surface area contributed by atoms with Crippen molar-refractivity contribution in [3.05, 3.63) is 93.5 Å². The highest BCUT2D eigenvalue weighted by molar-refractivity contribution is 6.02. The number of nitrogens with one attached hydrogen (secondary N) is 1. The van der Waals surface area contributed by atoms with Crippen molar-refractivity contribution in [1.29, 1.82) is 0 Å². The van der Waals surface area contributed by atoms with E-state index in [1.54, 1.807) is 51.7 Å². The van der Waals surface area contributed by atoms with E-state index in [1.807, 2.05) is 36.4 Å². The van der Waals surface area contributed by atoms with Crippen molar-refractivity contribution in [2.45, 2.75) is 0 Å². The van der Waals surface area contributed by atoms with Gasteiger partial charge in [-0.05, 0) is 59.2 Å². The Morgan fingerprint density at radius 2 is 1.32 bits per heavy atom. The van der Waals surface area contributed by atoms with Gasteiger partial charge in [-0.15, -0.1) is 0 Å². The number of benzene rings is 3. The van der Waals surface area contributed by atoms with Crippen LogP contribution in [0.2, 0.25) is 0 Å². The predicted octanol–water partition coefficient (Wildman–Crippen LogP) is 5.44. The molecule has 0 heterocycles. The number of nitrogens with zero attached hydrogens (tertiary/aromatic N) is 1. The van der Waals surface area contributed by atoms with Crippen LogP contribution in [0.3, 0.4) is 0 Å². The molecule has 1 amide bonds. The van der Waals surface area contributed by atoms with Crippen LogP contribution in [0.15, 0.2) is 66.7 Å². The Kier molecular flexibility index (Phi) is 8.02. The second-order valence-corrected chi connectivity index (χ2v) is 7.09. The van der Waals surface area contributed by atoms with Gasteiger partial charge in [0, 0.05) is 23.9 Å². The predicted molar refractivity (Wildman–Crippen MR) is 132 cm³/mol. The standard InChI is InChI=1S/C26H24N2O6/c1-32-23-16-20(17-24(33-2)26(23)34-3)5-4-18-6-11-21(12-7-18)27-25(29)15-10-19-8-13-22(14-9-19)28(30)31/h4-17H,1-3H3,(H,27,29)/b5-4+,15-10+. The molecular weight excluding hydrogens is 436 g/mol. The summed E-state index contributed by atoms with van der Waals surface area (Å²) in [7, 11) is 4.69. The summed E-state index contributed by atoms with van der Waals surface area (Å²) in [5, 5.41) is 13.5. The van der Waals surface area contributed by atoms with Crippen LogP contribution in [0.5, 0.6) is 17.2 Å². The molecule has 8 nitrogen and oxygen atoms in total. The number of methoxy groups -OCH3 is 3. The topological polar surface area (TPSA) is 99.9 Å². The van der Waals surface area contributed by atoms with Crippen LogP contribution in [0.1, 0.15) is 16.7 Å². The van der Waals surface area contributed by atoms with Gasteiger partial charge >= 0.3 is 0 Å². The number of ether oxygens (including phenoxy) is 3. The van der Waals surface area contributed by atoms with Crippen molar-refractivity contribution in [2.24, 2.45) is 0 Å². The minimum Gasteiger partial charge on any atom is -0.493 e. The van der Waals surface area contributed by atoms with E-state index in [-0.39, 0.29) is 11.6 Å². The average molecular weight is 460 g/mol. The maximum atomic E-state index is 12.2. The van der Waals surface area contributed by atoms with Crippen LogP contribution in [0.4, 0.5) is 11.4 Å². The van der Waals surface area contributed by atoms with Gasteiger partial charge in [0.1, 0.15) is 0 Å². The van der Waals surface area contributed by atoms with Crippen LogP contribution in [-0.4, -0.2) is 32.2 Å².